The molecule has 0 heterocycles. The molecule has 2 aromatic rings. The lowest BCUT2D eigenvalue weighted by molar-refractivity contribution is 0.101. The highest BCUT2D eigenvalue weighted by molar-refractivity contribution is 5.94. The first-order valence-corrected chi connectivity index (χ1v) is 8.91. The van der Waals surface area contributed by atoms with Gasteiger partial charge in [-0.2, -0.15) is 0 Å². The zero-order valence-corrected chi connectivity index (χ0v) is 14.5. The average molecular weight is 308 g/mol. The maximum Gasteiger partial charge on any atom is 0.159 e. The molecule has 0 fully saturated rings. The van der Waals surface area contributed by atoms with E-state index in [4.69, 9.17) is 0 Å². The van der Waals surface area contributed by atoms with Crippen LogP contribution in [-0.2, 0) is 6.42 Å². The molecular weight excluding hydrogens is 280 g/mol. The molecule has 0 aliphatic carbocycles. The summed E-state index contributed by atoms with van der Waals surface area (Å²) >= 11 is 0. The van der Waals surface area contributed by atoms with Crippen molar-refractivity contribution in [2.75, 3.05) is 0 Å². The highest BCUT2D eigenvalue weighted by Gasteiger charge is 2.01. The lowest BCUT2D eigenvalue weighted by atomic mass is 9.99. The van der Waals surface area contributed by atoms with Crippen LogP contribution in [0.25, 0.3) is 11.1 Å². The van der Waals surface area contributed by atoms with Crippen LogP contribution in [0.2, 0.25) is 0 Å². The molecule has 23 heavy (non-hydrogen) atoms. The molecule has 0 amide bonds. The number of hydrogen-bond acceptors (Lipinski definition) is 1. The largest absolute Gasteiger partial charge is 0.295 e. The minimum absolute atomic E-state index is 0.117. The Bertz CT molecular complexity index is 593. The van der Waals surface area contributed by atoms with Crippen LogP contribution in [0.3, 0.4) is 0 Å². The van der Waals surface area contributed by atoms with Gasteiger partial charge in [-0.05, 0) is 36.5 Å². The summed E-state index contributed by atoms with van der Waals surface area (Å²) in [6, 6.07) is 16.7. The van der Waals surface area contributed by atoms with Gasteiger partial charge in [-0.1, -0.05) is 87.6 Å². The van der Waals surface area contributed by atoms with E-state index >= 15 is 0 Å². The Kier molecular flexibility index (Phi) is 7.06. The third-order valence-electron chi connectivity index (χ3n) is 4.40. The van der Waals surface area contributed by atoms with Gasteiger partial charge in [-0.15, -0.1) is 0 Å². The van der Waals surface area contributed by atoms with Crippen LogP contribution in [0.15, 0.2) is 48.5 Å². The molecule has 0 saturated carbocycles. The van der Waals surface area contributed by atoms with Crippen molar-refractivity contribution < 1.29 is 4.79 Å². The molecule has 1 nitrogen and oxygen atoms in total. The van der Waals surface area contributed by atoms with Crippen molar-refractivity contribution in [3.05, 3.63) is 59.7 Å². The second kappa shape index (κ2) is 9.29. The van der Waals surface area contributed by atoms with Gasteiger partial charge in [0.15, 0.2) is 5.78 Å². The monoisotopic (exact) mass is 308 g/mol. The van der Waals surface area contributed by atoms with E-state index in [-0.39, 0.29) is 5.78 Å². The SMILES string of the molecule is CCCCCCCCc1ccc(-c2ccc(C(C)=O)cc2)cc1. The van der Waals surface area contributed by atoms with E-state index in [1.807, 2.05) is 24.3 Å². The molecule has 0 unspecified atom stereocenters. The summed E-state index contributed by atoms with van der Waals surface area (Å²) < 4.78 is 0. The number of unbranched alkanes of at least 4 members (excludes halogenated alkanes) is 5. The number of carbonyl (C=O) groups is 1. The Morgan fingerprint density at radius 3 is 1.83 bits per heavy atom. The zero-order chi connectivity index (χ0) is 16.5. The molecular formula is C22H28O. The van der Waals surface area contributed by atoms with E-state index in [2.05, 4.69) is 31.2 Å². The molecule has 0 atom stereocenters. The fourth-order valence-electron chi connectivity index (χ4n) is 2.87. The van der Waals surface area contributed by atoms with Crippen molar-refractivity contribution in [1.82, 2.24) is 0 Å². The Morgan fingerprint density at radius 2 is 1.26 bits per heavy atom. The summed E-state index contributed by atoms with van der Waals surface area (Å²) in [6.07, 6.45) is 9.24. The fourth-order valence-corrected chi connectivity index (χ4v) is 2.87. The maximum absolute atomic E-state index is 11.3. The molecule has 0 N–H and O–H groups in total. The Morgan fingerprint density at radius 1 is 0.739 bits per heavy atom. The molecule has 0 aliphatic heterocycles. The summed E-state index contributed by atoms with van der Waals surface area (Å²) in [5.41, 5.74) is 4.57. The van der Waals surface area contributed by atoms with Gasteiger partial charge in [-0.25, -0.2) is 0 Å². The molecule has 0 aromatic heterocycles. The second-order valence-corrected chi connectivity index (χ2v) is 6.35. The maximum atomic E-state index is 11.3. The number of aryl methyl sites for hydroxylation is 1. The van der Waals surface area contributed by atoms with Gasteiger partial charge in [-0.3, -0.25) is 4.79 Å². The molecule has 0 aliphatic rings. The lowest BCUT2D eigenvalue weighted by Crippen LogP contribution is -1.91. The van der Waals surface area contributed by atoms with E-state index in [0.717, 1.165) is 5.56 Å². The number of rotatable bonds is 9. The molecule has 0 radical (unpaired) electrons. The van der Waals surface area contributed by atoms with Gasteiger partial charge < -0.3 is 0 Å². The summed E-state index contributed by atoms with van der Waals surface area (Å²) in [4.78, 5) is 11.3. The number of benzene rings is 2. The van der Waals surface area contributed by atoms with Crippen molar-refractivity contribution in [3.63, 3.8) is 0 Å². The third-order valence-corrected chi connectivity index (χ3v) is 4.40. The number of ketones is 1. The van der Waals surface area contributed by atoms with Crippen LogP contribution in [0, 0.1) is 0 Å². The van der Waals surface area contributed by atoms with Gasteiger partial charge in [0.05, 0.1) is 0 Å². The standard InChI is InChI=1S/C22H28O/c1-3-4-5-6-7-8-9-19-10-12-21(13-11-19)22-16-14-20(15-17-22)18(2)23/h10-17H,3-9H2,1-2H3. The summed E-state index contributed by atoms with van der Waals surface area (Å²) in [6.45, 7) is 3.86. The highest BCUT2D eigenvalue weighted by atomic mass is 16.1. The van der Waals surface area contributed by atoms with Crippen molar-refractivity contribution >= 4 is 5.78 Å². The van der Waals surface area contributed by atoms with Gasteiger partial charge in [0.2, 0.25) is 0 Å². The van der Waals surface area contributed by atoms with Crippen LogP contribution in [0.5, 0.6) is 0 Å². The van der Waals surface area contributed by atoms with Crippen LogP contribution in [-0.4, -0.2) is 5.78 Å². The van der Waals surface area contributed by atoms with Crippen LogP contribution in [0.1, 0.15) is 68.3 Å². The highest BCUT2D eigenvalue weighted by Crippen LogP contribution is 2.21. The quantitative estimate of drug-likeness (QED) is 0.384. The van der Waals surface area contributed by atoms with Crippen molar-refractivity contribution in [2.45, 2.75) is 58.8 Å². The predicted octanol–water partition coefficient (Wildman–Crippen LogP) is 6.46. The van der Waals surface area contributed by atoms with Crippen molar-refractivity contribution in [2.24, 2.45) is 0 Å². The van der Waals surface area contributed by atoms with Crippen LogP contribution in [0.4, 0.5) is 0 Å². The third kappa shape index (κ3) is 5.67. The van der Waals surface area contributed by atoms with Gasteiger partial charge in [0, 0.05) is 5.56 Å². The summed E-state index contributed by atoms with van der Waals surface area (Å²) in [5.74, 6) is 0.117. The summed E-state index contributed by atoms with van der Waals surface area (Å²) in [5, 5.41) is 0. The average Bonchev–Trinajstić information content (AvgIpc) is 2.58. The predicted molar refractivity (Wildman–Crippen MR) is 99.0 cm³/mol. The first-order chi connectivity index (χ1) is 11.2. The molecule has 0 bridgehead atoms. The normalized spacial score (nSPS) is 10.7. The Balaban J connectivity index is 1.85. The molecule has 2 rings (SSSR count). The lowest BCUT2D eigenvalue weighted by Gasteiger charge is -2.06. The van der Waals surface area contributed by atoms with Gasteiger partial charge in [0.1, 0.15) is 0 Å². The van der Waals surface area contributed by atoms with E-state index < -0.39 is 0 Å². The molecule has 1 heteroatoms. The first-order valence-electron chi connectivity index (χ1n) is 8.91. The van der Waals surface area contributed by atoms with Gasteiger partial charge in [0.25, 0.3) is 0 Å². The molecule has 122 valence electrons. The van der Waals surface area contributed by atoms with Crippen molar-refractivity contribution in [3.8, 4) is 11.1 Å². The number of Topliss-reactive ketones (excluding diaryl/α,β-unsaturated/α-hetero) is 1. The molecule has 0 saturated heterocycles. The van der Waals surface area contributed by atoms with E-state index in [9.17, 15) is 4.79 Å². The second-order valence-electron chi connectivity index (χ2n) is 6.35. The minimum atomic E-state index is 0.117. The smallest absolute Gasteiger partial charge is 0.159 e. The fraction of sp³-hybridized carbons (Fsp3) is 0.409. The Labute approximate surface area is 140 Å². The molecule has 2 aromatic carbocycles. The van der Waals surface area contributed by atoms with Crippen LogP contribution < -0.4 is 0 Å². The minimum Gasteiger partial charge on any atom is -0.295 e. The van der Waals surface area contributed by atoms with Crippen LogP contribution >= 0.6 is 0 Å². The van der Waals surface area contributed by atoms with E-state index in [1.54, 1.807) is 6.92 Å². The zero-order valence-electron chi connectivity index (χ0n) is 14.5. The number of hydrogen-bond donors (Lipinski definition) is 0. The summed E-state index contributed by atoms with van der Waals surface area (Å²) in [7, 11) is 0. The first kappa shape index (κ1) is 17.5. The topological polar surface area (TPSA) is 17.1 Å². The Hall–Kier alpha value is -1.89. The van der Waals surface area contributed by atoms with E-state index in [1.165, 1.54) is 61.6 Å². The molecule has 0 spiro atoms. The van der Waals surface area contributed by atoms with Crippen molar-refractivity contribution in [1.29, 1.82) is 0 Å². The number of carbonyl (C=O) groups excluding carboxylic acids is 1. The van der Waals surface area contributed by atoms with Gasteiger partial charge >= 0.3 is 0 Å². The van der Waals surface area contributed by atoms with E-state index in [0.29, 0.717) is 0 Å².